The van der Waals surface area contributed by atoms with E-state index in [9.17, 15) is 22.4 Å². The molecule has 7 nitrogen and oxygen atoms in total. The number of aliphatic carboxylic acids is 1. The zero-order chi connectivity index (χ0) is 23.2. The number of pyridine rings is 2. The summed E-state index contributed by atoms with van der Waals surface area (Å²) in [5.41, 5.74) is 1.28. The molecule has 0 atom stereocenters. The van der Waals surface area contributed by atoms with Gasteiger partial charge in [0.25, 0.3) is 5.91 Å². The van der Waals surface area contributed by atoms with Gasteiger partial charge in [0.15, 0.2) is 11.0 Å². The van der Waals surface area contributed by atoms with E-state index in [1.165, 1.54) is 24.4 Å². The molecule has 0 saturated carbocycles. The Morgan fingerprint density at radius 3 is 2.35 bits per heavy atom. The molecule has 1 fully saturated rings. The molecule has 1 amide bonds. The normalized spacial score (nSPS) is 14.4. The number of piperidine rings is 1. The number of halogens is 6. The van der Waals surface area contributed by atoms with Crippen LogP contribution in [0.25, 0.3) is 0 Å². The van der Waals surface area contributed by atoms with Crippen molar-refractivity contribution in [2.45, 2.75) is 24.9 Å². The third-order valence-corrected chi connectivity index (χ3v) is 4.64. The van der Waals surface area contributed by atoms with Gasteiger partial charge in [0.2, 0.25) is 0 Å². The summed E-state index contributed by atoms with van der Waals surface area (Å²) in [7, 11) is 0. The number of alkyl halides is 3. The van der Waals surface area contributed by atoms with Crippen LogP contribution >= 0.6 is 23.2 Å². The lowest BCUT2D eigenvalue weighted by atomic mass is 9.93. The Labute approximate surface area is 183 Å². The van der Waals surface area contributed by atoms with Crippen molar-refractivity contribution in [1.82, 2.24) is 15.3 Å². The number of carboxylic acid groups (broad SMARTS) is 1. The van der Waals surface area contributed by atoms with Crippen LogP contribution in [0, 0.1) is 5.82 Å². The molecule has 0 radical (unpaired) electrons. The molecule has 13 heteroatoms. The van der Waals surface area contributed by atoms with Gasteiger partial charge in [-0.05, 0) is 38.1 Å². The minimum atomic E-state index is -5.08. The number of aromatic nitrogens is 2. The summed E-state index contributed by atoms with van der Waals surface area (Å²) in [6.45, 7) is 1.68. The van der Waals surface area contributed by atoms with Crippen molar-refractivity contribution < 1.29 is 32.3 Å². The molecule has 0 aliphatic carbocycles. The minimum Gasteiger partial charge on any atom is -0.475 e. The topological polar surface area (TPSA) is 104 Å². The van der Waals surface area contributed by atoms with Crippen molar-refractivity contribution in [2.24, 2.45) is 0 Å². The number of nitrogens with zero attached hydrogens (tertiary/aromatic N) is 2. The molecule has 3 rings (SSSR count). The Balaban J connectivity index is 0.000000423. The predicted molar refractivity (Wildman–Crippen MR) is 105 cm³/mol. The van der Waals surface area contributed by atoms with E-state index in [2.05, 4.69) is 20.6 Å². The average molecular weight is 483 g/mol. The molecular formula is C18H16Cl2F4N4O3. The number of amides is 1. The first-order chi connectivity index (χ1) is 14.5. The summed E-state index contributed by atoms with van der Waals surface area (Å²) in [5, 5.41) is 13.1. The fraction of sp³-hybridized carbons (Fsp3) is 0.333. The molecule has 2 aromatic heterocycles. The zero-order valence-electron chi connectivity index (χ0n) is 15.6. The largest absolute Gasteiger partial charge is 0.490 e. The van der Waals surface area contributed by atoms with E-state index in [4.69, 9.17) is 33.1 Å². The van der Waals surface area contributed by atoms with Gasteiger partial charge in [0.1, 0.15) is 5.15 Å². The molecule has 0 bridgehead atoms. The highest BCUT2D eigenvalue weighted by molar-refractivity contribution is 6.30. The Morgan fingerprint density at radius 1 is 1.19 bits per heavy atom. The molecule has 1 saturated heterocycles. The maximum atomic E-state index is 13.9. The lowest BCUT2D eigenvalue weighted by Gasteiger charge is -2.24. The maximum Gasteiger partial charge on any atom is 0.490 e. The second-order valence-electron chi connectivity index (χ2n) is 6.34. The van der Waals surface area contributed by atoms with Crippen LogP contribution < -0.4 is 10.6 Å². The number of hydrogen-bond donors (Lipinski definition) is 3. The summed E-state index contributed by atoms with van der Waals surface area (Å²) >= 11 is 11.6. The van der Waals surface area contributed by atoms with E-state index in [0.29, 0.717) is 16.9 Å². The molecular weight excluding hydrogens is 467 g/mol. The van der Waals surface area contributed by atoms with Crippen LogP contribution in [-0.2, 0) is 4.79 Å². The highest BCUT2D eigenvalue weighted by Gasteiger charge is 2.38. The second-order valence-corrected chi connectivity index (χ2v) is 7.09. The summed E-state index contributed by atoms with van der Waals surface area (Å²) in [4.78, 5) is 29.3. The highest BCUT2D eigenvalue weighted by atomic mass is 35.5. The molecule has 0 unspecified atom stereocenters. The number of carbonyl (C=O) groups is 2. The Morgan fingerprint density at radius 2 is 1.81 bits per heavy atom. The van der Waals surface area contributed by atoms with Crippen molar-refractivity contribution in [3.05, 3.63) is 51.8 Å². The molecule has 0 spiro atoms. The standard InChI is InChI=1S/C16H15Cl2FN4O.C2HF3O2/c17-13-7-10(3-6-21-13)16(24)22-12-8-11(19)15(18)23-14(12)9-1-4-20-5-2-9;3-2(4,5)1(6)7/h3,6-9,20H,1-2,4-5H2,(H,22,24);(H,6,7). The molecule has 31 heavy (non-hydrogen) atoms. The maximum absolute atomic E-state index is 13.9. The van der Waals surface area contributed by atoms with Crippen molar-refractivity contribution in [1.29, 1.82) is 0 Å². The van der Waals surface area contributed by atoms with Gasteiger partial charge in [0, 0.05) is 23.7 Å². The van der Waals surface area contributed by atoms with Crippen molar-refractivity contribution in [3.63, 3.8) is 0 Å². The Kier molecular flexibility index (Phi) is 8.54. The SMILES string of the molecule is O=C(Nc1cc(F)c(Cl)nc1C1CCNCC1)c1ccnc(Cl)c1.O=C(O)C(F)(F)F. The van der Waals surface area contributed by atoms with Crippen molar-refractivity contribution >= 4 is 40.8 Å². The van der Waals surface area contributed by atoms with E-state index in [1.54, 1.807) is 0 Å². The van der Waals surface area contributed by atoms with E-state index in [0.717, 1.165) is 25.9 Å². The van der Waals surface area contributed by atoms with Crippen molar-refractivity contribution in [3.8, 4) is 0 Å². The van der Waals surface area contributed by atoms with Crippen LogP contribution in [0.3, 0.4) is 0 Å². The number of carbonyl (C=O) groups excluding carboxylic acids is 1. The number of hydrogen-bond acceptors (Lipinski definition) is 5. The Bertz CT molecular complexity index is 954. The van der Waals surface area contributed by atoms with Crippen molar-refractivity contribution in [2.75, 3.05) is 18.4 Å². The fourth-order valence-electron chi connectivity index (χ4n) is 2.72. The van der Waals surface area contributed by atoms with Crippen LogP contribution in [0.15, 0.2) is 24.4 Å². The third-order valence-electron chi connectivity index (χ3n) is 4.17. The Hall–Kier alpha value is -2.50. The number of nitrogens with one attached hydrogen (secondary N) is 2. The average Bonchev–Trinajstić information content (AvgIpc) is 2.71. The number of rotatable bonds is 3. The van der Waals surface area contributed by atoms with Crippen LogP contribution in [-0.4, -0.2) is 46.2 Å². The van der Waals surface area contributed by atoms with Crippen LogP contribution in [0.2, 0.25) is 10.3 Å². The number of anilines is 1. The molecule has 168 valence electrons. The lowest BCUT2D eigenvalue weighted by molar-refractivity contribution is -0.192. The van der Waals surface area contributed by atoms with Gasteiger partial charge < -0.3 is 15.7 Å². The van der Waals surface area contributed by atoms with E-state index >= 15 is 0 Å². The van der Waals surface area contributed by atoms with Gasteiger partial charge in [-0.3, -0.25) is 4.79 Å². The monoisotopic (exact) mass is 482 g/mol. The van der Waals surface area contributed by atoms with Crippen LogP contribution in [0.1, 0.15) is 34.8 Å². The zero-order valence-corrected chi connectivity index (χ0v) is 17.2. The van der Waals surface area contributed by atoms with E-state index < -0.39 is 23.9 Å². The van der Waals surface area contributed by atoms with Gasteiger partial charge >= 0.3 is 12.1 Å². The molecule has 3 N–H and O–H groups in total. The first-order valence-electron chi connectivity index (χ1n) is 8.78. The second kappa shape index (κ2) is 10.7. The molecule has 3 heterocycles. The first-order valence-corrected chi connectivity index (χ1v) is 9.54. The van der Waals surface area contributed by atoms with Gasteiger partial charge in [-0.1, -0.05) is 23.2 Å². The predicted octanol–water partition coefficient (Wildman–Crippen LogP) is 4.28. The third kappa shape index (κ3) is 7.30. The van der Waals surface area contributed by atoms with Crippen LogP contribution in [0.5, 0.6) is 0 Å². The molecule has 2 aromatic rings. The summed E-state index contributed by atoms with van der Waals surface area (Å²) in [5.74, 6) is -3.72. The smallest absolute Gasteiger partial charge is 0.475 e. The lowest BCUT2D eigenvalue weighted by Crippen LogP contribution is -2.28. The van der Waals surface area contributed by atoms with Gasteiger partial charge in [-0.15, -0.1) is 0 Å². The van der Waals surface area contributed by atoms with E-state index in [1.807, 2.05) is 0 Å². The minimum absolute atomic E-state index is 0.112. The summed E-state index contributed by atoms with van der Waals surface area (Å²) in [6.07, 6.45) is -1.95. The summed E-state index contributed by atoms with van der Waals surface area (Å²) in [6, 6.07) is 4.19. The number of carboxylic acids is 1. The highest BCUT2D eigenvalue weighted by Crippen LogP contribution is 2.32. The van der Waals surface area contributed by atoms with Gasteiger partial charge in [-0.2, -0.15) is 13.2 Å². The van der Waals surface area contributed by atoms with E-state index in [-0.39, 0.29) is 16.2 Å². The van der Waals surface area contributed by atoms with Gasteiger partial charge in [0.05, 0.1) is 11.4 Å². The van der Waals surface area contributed by atoms with Gasteiger partial charge in [-0.25, -0.2) is 19.2 Å². The molecule has 0 aromatic carbocycles. The molecule has 1 aliphatic heterocycles. The quantitative estimate of drug-likeness (QED) is 0.445. The fourth-order valence-corrected chi connectivity index (χ4v) is 3.04. The first kappa shape index (κ1) is 24.8. The summed E-state index contributed by atoms with van der Waals surface area (Å²) < 4.78 is 45.6. The molecule has 1 aliphatic rings. The van der Waals surface area contributed by atoms with Crippen LogP contribution in [0.4, 0.5) is 23.2 Å².